The van der Waals surface area contributed by atoms with Gasteiger partial charge < -0.3 is 5.73 Å². The molecule has 22 heavy (non-hydrogen) atoms. The van der Waals surface area contributed by atoms with Crippen molar-refractivity contribution in [3.63, 3.8) is 0 Å². The van der Waals surface area contributed by atoms with E-state index >= 15 is 0 Å². The van der Waals surface area contributed by atoms with Gasteiger partial charge in [0.25, 0.3) is 0 Å². The molecule has 1 aromatic carbocycles. The lowest BCUT2D eigenvalue weighted by Gasteiger charge is -2.29. The van der Waals surface area contributed by atoms with E-state index in [2.05, 4.69) is 43.9 Å². The molecule has 3 rings (SSSR count). The Morgan fingerprint density at radius 3 is 2.82 bits per heavy atom. The number of likely N-dealkylation sites (N-methyl/N-ethyl adjacent to an activating group) is 1. The summed E-state index contributed by atoms with van der Waals surface area (Å²) in [5.41, 5.74) is 11.4. The summed E-state index contributed by atoms with van der Waals surface area (Å²) < 4.78 is 0. The number of rotatable bonds is 3. The quantitative estimate of drug-likeness (QED) is 0.676. The van der Waals surface area contributed by atoms with E-state index in [1.165, 1.54) is 5.56 Å². The minimum absolute atomic E-state index is 0.155. The van der Waals surface area contributed by atoms with Gasteiger partial charge in [-0.15, -0.1) is 0 Å². The molecule has 4 heteroatoms. The molecule has 0 fully saturated rings. The molecular formula is C18H24N4. The predicted octanol–water partition coefficient (Wildman–Crippen LogP) is 3.02. The number of pyridine rings is 1. The van der Waals surface area contributed by atoms with Gasteiger partial charge in [0, 0.05) is 36.2 Å². The predicted molar refractivity (Wildman–Crippen MR) is 91.5 cm³/mol. The summed E-state index contributed by atoms with van der Waals surface area (Å²) in [5.74, 6) is 0.562. The summed E-state index contributed by atoms with van der Waals surface area (Å²) in [7, 11) is 0. The summed E-state index contributed by atoms with van der Waals surface area (Å²) in [4.78, 5) is 7.35. The molecule has 2 aromatic rings. The second-order valence-electron chi connectivity index (χ2n) is 6.34. The summed E-state index contributed by atoms with van der Waals surface area (Å²) in [6.07, 6.45) is 0.936. The second-order valence-corrected chi connectivity index (χ2v) is 6.34. The standard InChI is InChI=1S/C18H24N4/c1-4-22-9-8-15-14(10-22)16(18(19)20)13-7-5-6-12(11(2)3)17(13)21-15/h5-7,11H,4,8-10H2,1-3H3,(H3,19,20). The number of amidine groups is 1. The number of fused-ring (bicyclic) bond motifs is 2. The number of para-hydroxylation sites is 1. The fourth-order valence-electron chi connectivity index (χ4n) is 3.38. The van der Waals surface area contributed by atoms with Gasteiger partial charge in [-0.1, -0.05) is 39.0 Å². The van der Waals surface area contributed by atoms with Crippen LogP contribution in [0, 0.1) is 5.41 Å². The van der Waals surface area contributed by atoms with Crippen molar-refractivity contribution < 1.29 is 0 Å². The van der Waals surface area contributed by atoms with Crippen LogP contribution in [0.2, 0.25) is 0 Å². The van der Waals surface area contributed by atoms with E-state index in [1.54, 1.807) is 0 Å². The molecule has 0 spiro atoms. The highest BCUT2D eigenvalue weighted by atomic mass is 15.1. The molecule has 4 nitrogen and oxygen atoms in total. The molecule has 0 amide bonds. The van der Waals surface area contributed by atoms with Crippen LogP contribution in [0.5, 0.6) is 0 Å². The highest BCUT2D eigenvalue weighted by Crippen LogP contribution is 2.31. The van der Waals surface area contributed by atoms with Gasteiger partial charge in [-0.25, -0.2) is 0 Å². The van der Waals surface area contributed by atoms with E-state index in [0.29, 0.717) is 5.92 Å². The highest BCUT2D eigenvalue weighted by molar-refractivity contribution is 6.08. The average Bonchev–Trinajstić information content (AvgIpc) is 2.50. The van der Waals surface area contributed by atoms with Gasteiger partial charge in [-0.05, 0) is 23.6 Å². The van der Waals surface area contributed by atoms with Crippen molar-refractivity contribution in [3.8, 4) is 0 Å². The zero-order valence-corrected chi connectivity index (χ0v) is 13.6. The third-order valence-electron chi connectivity index (χ3n) is 4.62. The van der Waals surface area contributed by atoms with Gasteiger partial charge in [0.2, 0.25) is 0 Å². The molecule has 0 bridgehead atoms. The molecule has 1 aliphatic rings. The van der Waals surface area contributed by atoms with Crippen molar-refractivity contribution in [2.24, 2.45) is 5.73 Å². The number of nitrogens with zero attached hydrogens (tertiary/aromatic N) is 2. The third-order valence-corrected chi connectivity index (χ3v) is 4.62. The largest absolute Gasteiger partial charge is 0.384 e. The van der Waals surface area contributed by atoms with Crippen molar-refractivity contribution >= 4 is 16.7 Å². The first-order valence-corrected chi connectivity index (χ1v) is 8.04. The zero-order chi connectivity index (χ0) is 15.9. The first kappa shape index (κ1) is 15.0. The Balaban J connectivity index is 2.32. The monoisotopic (exact) mass is 296 g/mol. The third kappa shape index (κ3) is 2.37. The van der Waals surface area contributed by atoms with E-state index in [9.17, 15) is 0 Å². The molecule has 2 heterocycles. The minimum Gasteiger partial charge on any atom is -0.384 e. The van der Waals surface area contributed by atoms with Crippen molar-refractivity contribution in [3.05, 3.63) is 40.6 Å². The van der Waals surface area contributed by atoms with E-state index < -0.39 is 0 Å². The molecule has 0 unspecified atom stereocenters. The Hall–Kier alpha value is -1.94. The van der Waals surface area contributed by atoms with Crippen molar-refractivity contribution in [1.82, 2.24) is 9.88 Å². The van der Waals surface area contributed by atoms with Gasteiger partial charge >= 0.3 is 0 Å². The fourth-order valence-corrected chi connectivity index (χ4v) is 3.38. The van der Waals surface area contributed by atoms with Crippen LogP contribution in [-0.4, -0.2) is 28.8 Å². The Morgan fingerprint density at radius 1 is 1.41 bits per heavy atom. The lowest BCUT2D eigenvalue weighted by molar-refractivity contribution is 0.266. The molecule has 0 radical (unpaired) electrons. The second kappa shape index (κ2) is 5.69. The topological polar surface area (TPSA) is 66.0 Å². The van der Waals surface area contributed by atoms with E-state index in [1.807, 2.05) is 0 Å². The summed E-state index contributed by atoms with van der Waals surface area (Å²) >= 11 is 0. The Kier molecular flexibility index (Phi) is 3.87. The first-order chi connectivity index (χ1) is 10.5. The lowest BCUT2D eigenvalue weighted by Crippen LogP contribution is -2.33. The molecule has 0 aliphatic carbocycles. The maximum Gasteiger partial charge on any atom is 0.123 e. The summed E-state index contributed by atoms with van der Waals surface area (Å²) in [6.45, 7) is 9.42. The van der Waals surface area contributed by atoms with Crippen LogP contribution in [0.4, 0.5) is 0 Å². The number of nitrogens with one attached hydrogen (secondary N) is 1. The number of nitrogen functional groups attached to an aromatic ring is 1. The zero-order valence-electron chi connectivity index (χ0n) is 13.6. The van der Waals surface area contributed by atoms with Crippen LogP contribution < -0.4 is 5.73 Å². The van der Waals surface area contributed by atoms with Crippen LogP contribution in [0.1, 0.15) is 49.1 Å². The van der Waals surface area contributed by atoms with Crippen molar-refractivity contribution in [2.45, 2.75) is 39.7 Å². The number of hydrogen-bond donors (Lipinski definition) is 2. The minimum atomic E-state index is 0.155. The number of benzene rings is 1. The van der Waals surface area contributed by atoms with Crippen LogP contribution >= 0.6 is 0 Å². The van der Waals surface area contributed by atoms with Crippen LogP contribution in [0.25, 0.3) is 10.9 Å². The number of nitrogens with two attached hydrogens (primary N) is 1. The Morgan fingerprint density at radius 2 is 2.18 bits per heavy atom. The van der Waals surface area contributed by atoms with Crippen molar-refractivity contribution in [2.75, 3.05) is 13.1 Å². The fraction of sp³-hybridized carbons (Fsp3) is 0.444. The van der Waals surface area contributed by atoms with Crippen LogP contribution in [0.3, 0.4) is 0 Å². The van der Waals surface area contributed by atoms with Crippen LogP contribution in [-0.2, 0) is 13.0 Å². The Bertz CT molecular complexity index is 733. The molecule has 0 atom stereocenters. The number of hydrogen-bond acceptors (Lipinski definition) is 3. The maximum absolute atomic E-state index is 8.09. The van der Waals surface area contributed by atoms with Gasteiger partial charge in [0.1, 0.15) is 5.84 Å². The van der Waals surface area contributed by atoms with Gasteiger partial charge in [0.15, 0.2) is 0 Å². The Labute approximate surface area is 131 Å². The maximum atomic E-state index is 8.09. The van der Waals surface area contributed by atoms with Crippen molar-refractivity contribution in [1.29, 1.82) is 5.41 Å². The molecule has 0 saturated heterocycles. The highest BCUT2D eigenvalue weighted by Gasteiger charge is 2.24. The van der Waals surface area contributed by atoms with Gasteiger partial charge in [-0.3, -0.25) is 15.3 Å². The molecule has 116 valence electrons. The molecule has 0 saturated carbocycles. The smallest absolute Gasteiger partial charge is 0.123 e. The molecule has 1 aliphatic heterocycles. The van der Waals surface area contributed by atoms with Gasteiger partial charge in [0.05, 0.1) is 5.52 Å². The molecule has 1 aromatic heterocycles. The SMILES string of the molecule is CCN1CCc2nc3c(C(C)C)cccc3c(C(=N)N)c2C1. The lowest BCUT2D eigenvalue weighted by atomic mass is 9.91. The summed E-state index contributed by atoms with van der Waals surface area (Å²) in [6, 6.07) is 6.24. The van der Waals surface area contributed by atoms with Gasteiger partial charge in [-0.2, -0.15) is 0 Å². The summed E-state index contributed by atoms with van der Waals surface area (Å²) in [5, 5.41) is 9.11. The average molecular weight is 296 g/mol. The van der Waals surface area contributed by atoms with E-state index in [4.69, 9.17) is 16.1 Å². The van der Waals surface area contributed by atoms with Crippen LogP contribution in [0.15, 0.2) is 18.2 Å². The normalized spacial score (nSPS) is 15.3. The first-order valence-electron chi connectivity index (χ1n) is 8.04. The molecule has 3 N–H and O–H groups in total. The molecular weight excluding hydrogens is 272 g/mol. The van der Waals surface area contributed by atoms with E-state index in [0.717, 1.165) is 53.8 Å². The number of aromatic nitrogens is 1. The van der Waals surface area contributed by atoms with E-state index in [-0.39, 0.29) is 5.84 Å².